The topological polar surface area (TPSA) is 49.3 Å². The van der Waals surface area contributed by atoms with Crippen molar-refractivity contribution in [3.8, 4) is 0 Å². The molecule has 1 aromatic rings. The van der Waals surface area contributed by atoms with Crippen molar-refractivity contribution in [1.29, 1.82) is 0 Å². The molecule has 0 spiro atoms. The first kappa shape index (κ1) is 15.5. The number of benzene rings is 1. The Balaban J connectivity index is 2.73. The van der Waals surface area contributed by atoms with Crippen LogP contribution in [0.25, 0.3) is 0 Å². The largest absolute Gasteiger partial charge is 0.478 e. The van der Waals surface area contributed by atoms with Gasteiger partial charge in [0.1, 0.15) is 0 Å². The first-order valence-electron chi connectivity index (χ1n) is 7.19. The van der Waals surface area contributed by atoms with Gasteiger partial charge in [-0.1, -0.05) is 33.1 Å². The van der Waals surface area contributed by atoms with Gasteiger partial charge in [0.15, 0.2) is 0 Å². The minimum atomic E-state index is -0.861. The molecule has 0 radical (unpaired) electrons. The van der Waals surface area contributed by atoms with Crippen molar-refractivity contribution in [2.75, 3.05) is 5.32 Å². The van der Waals surface area contributed by atoms with Crippen LogP contribution in [0.3, 0.4) is 0 Å². The van der Waals surface area contributed by atoms with Gasteiger partial charge in [-0.3, -0.25) is 0 Å². The molecular weight excluding hydrogens is 238 g/mol. The SMILES string of the molecule is CCCCC(CCC)Nc1ccc(C(=O)O)c(C)c1. The Labute approximate surface area is 116 Å². The van der Waals surface area contributed by atoms with Gasteiger partial charge < -0.3 is 10.4 Å². The van der Waals surface area contributed by atoms with E-state index in [0.717, 1.165) is 24.1 Å². The molecule has 0 saturated carbocycles. The highest BCUT2D eigenvalue weighted by molar-refractivity contribution is 5.89. The van der Waals surface area contributed by atoms with Crippen molar-refractivity contribution in [2.45, 2.75) is 58.9 Å². The number of aryl methyl sites for hydroxylation is 1. The molecule has 3 heteroatoms. The molecule has 2 N–H and O–H groups in total. The van der Waals surface area contributed by atoms with Crippen molar-refractivity contribution in [3.63, 3.8) is 0 Å². The average Bonchev–Trinajstić information content (AvgIpc) is 2.36. The minimum Gasteiger partial charge on any atom is -0.478 e. The molecular formula is C16H25NO2. The van der Waals surface area contributed by atoms with Crippen LogP contribution >= 0.6 is 0 Å². The van der Waals surface area contributed by atoms with E-state index in [1.54, 1.807) is 6.07 Å². The van der Waals surface area contributed by atoms with Crippen LogP contribution in [0.1, 0.15) is 61.9 Å². The number of anilines is 1. The van der Waals surface area contributed by atoms with E-state index < -0.39 is 5.97 Å². The molecule has 3 nitrogen and oxygen atoms in total. The maximum Gasteiger partial charge on any atom is 0.335 e. The van der Waals surface area contributed by atoms with Crippen LogP contribution in [0.15, 0.2) is 18.2 Å². The normalized spacial score (nSPS) is 12.2. The van der Waals surface area contributed by atoms with Crippen molar-refractivity contribution in [1.82, 2.24) is 0 Å². The van der Waals surface area contributed by atoms with Crippen molar-refractivity contribution < 1.29 is 9.90 Å². The van der Waals surface area contributed by atoms with Crippen LogP contribution in [-0.2, 0) is 0 Å². The third kappa shape index (κ3) is 4.93. The van der Waals surface area contributed by atoms with Crippen LogP contribution in [0.4, 0.5) is 5.69 Å². The number of nitrogens with one attached hydrogen (secondary N) is 1. The van der Waals surface area contributed by atoms with Crippen molar-refractivity contribution in [2.24, 2.45) is 0 Å². The molecule has 0 amide bonds. The number of hydrogen-bond acceptors (Lipinski definition) is 2. The molecule has 1 unspecified atom stereocenters. The molecule has 0 aromatic heterocycles. The smallest absolute Gasteiger partial charge is 0.335 e. The van der Waals surface area contributed by atoms with Crippen LogP contribution in [-0.4, -0.2) is 17.1 Å². The number of carboxylic acid groups (broad SMARTS) is 1. The van der Waals surface area contributed by atoms with Gasteiger partial charge in [0.25, 0.3) is 0 Å². The first-order chi connectivity index (χ1) is 9.08. The molecule has 0 aliphatic heterocycles. The summed E-state index contributed by atoms with van der Waals surface area (Å²) in [5, 5.41) is 12.5. The zero-order chi connectivity index (χ0) is 14.3. The van der Waals surface area contributed by atoms with Gasteiger partial charge in [0.05, 0.1) is 5.56 Å². The standard InChI is InChI=1S/C16H25NO2/c1-4-6-8-13(7-5-2)17-14-9-10-15(16(18)19)12(3)11-14/h9-11,13,17H,4-8H2,1-3H3,(H,18,19). The molecule has 0 saturated heterocycles. The number of hydrogen-bond donors (Lipinski definition) is 2. The van der Waals surface area contributed by atoms with E-state index in [1.165, 1.54) is 19.3 Å². The minimum absolute atomic E-state index is 0.381. The maximum absolute atomic E-state index is 11.0. The van der Waals surface area contributed by atoms with Crippen LogP contribution in [0.5, 0.6) is 0 Å². The lowest BCUT2D eigenvalue weighted by Crippen LogP contribution is -2.19. The summed E-state index contributed by atoms with van der Waals surface area (Å²) in [5.41, 5.74) is 2.21. The van der Waals surface area contributed by atoms with Crippen molar-refractivity contribution in [3.05, 3.63) is 29.3 Å². The van der Waals surface area contributed by atoms with Gasteiger partial charge in [-0.2, -0.15) is 0 Å². The number of rotatable bonds is 8. The molecule has 0 fully saturated rings. The van der Waals surface area contributed by atoms with Crippen LogP contribution < -0.4 is 5.32 Å². The third-order valence-electron chi connectivity index (χ3n) is 3.37. The summed E-state index contributed by atoms with van der Waals surface area (Å²) in [6, 6.07) is 5.96. The average molecular weight is 263 g/mol. The first-order valence-corrected chi connectivity index (χ1v) is 7.19. The van der Waals surface area contributed by atoms with Crippen molar-refractivity contribution >= 4 is 11.7 Å². The molecule has 1 rings (SSSR count). The van der Waals surface area contributed by atoms with Gasteiger partial charge in [0, 0.05) is 11.7 Å². The lowest BCUT2D eigenvalue weighted by atomic mass is 10.0. The van der Waals surface area contributed by atoms with Gasteiger partial charge in [-0.15, -0.1) is 0 Å². The predicted molar refractivity (Wildman–Crippen MR) is 80.0 cm³/mol. The van der Waals surface area contributed by atoms with Crippen LogP contribution in [0.2, 0.25) is 0 Å². The molecule has 1 aromatic carbocycles. The second-order valence-corrected chi connectivity index (χ2v) is 5.11. The van der Waals surface area contributed by atoms with Gasteiger partial charge in [-0.25, -0.2) is 4.79 Å². The summed E-state index contributed by atoms with van der Waals surface area (Å²) < 4.78 is 0. The molecule has 106 valence electrons. The highest BCUT2D eigenvalue weighted by atomic mass is 16.4. The number of unbranched alkanes of at least 4 members (excludes halogenated alkanes) is 1. The number of carbonyl (C=O) groups is 1. The van der Waals surface area contributed by atoms with Gasteiger partial charge >= 0.3 is 5.97 Å². The molecule has 1 atom stereocenters. The fourth-order valence-electron chi connectivity index (χ4n) is 2.32. The highest BCUT2D eigenvalue weighted by Gasteiger charge is 2.10. The molecule has 0 bridgehead atoms. The van der Waals surface area contributed by atoms with E-state index in [1.807, 2.05) is 19.1 Å². The lowest BCUT2D eigenvalue weighted by molar-refractivity contribution is 0.0696. The summed E-state index contributed by atoms with van der Waals surface area (Å²) in [7, 11) is 0. The lowest BCUT2D eigenvalue weighted by Gasteiger charge is -2.19. The molecule has 19 heavy (non-hydrogen) atoms. The Morgan fingerprint density at radius 2 is 2.00 bits per heavy atom. The fraction of sp³-hybridized carbons (Fsp3) is 0.562. The third-order valence-corrected chi connectivity index (χ3v) is 3.37. The molecule has 0 aliphatic carbocycles. The van der Waals surface area contributed by atoms with E-state index in [9.17, 15) is 4.79 Å². The van der Waals surface area contributed by atoms with E-state index in [2.05, 4.69) is 19.2 Å². The van der Waals surface area contributed by atoms with E-state index in [0.29, 0.717) is 11.6 Å². The summed E-state index contributed by atoms with van der Waals surface area (Å²) in [4.78, 5) is 11.0. The number of aromatic carboxylic acids is 1. The molecule has 0 heterocycles. The summed E-state index contributed by atoms with van der Waals surface area (Å²) >= 11 is 0. The Morgan fingerprint density at radius 3 is 2.53 bits per heavy atom. The van der Waals surface area contributed by atoms with Crippen LogP contribution in [0, 0.1) is 6.92 Å². The highest BCUT2D eigenvalue weighted by Crippen LogP contribution is 2.19. The zero-order valence-corrected chi connectivity index (χ0v) is 12.2. The Morgan fingerprint density at radius 1 is 1.26 bits per heavy atom. The zero-order valence-electron chi connectivity index (χ0n) is 12.2. The van der Waals surface area contributed by atoms with Gasteiger partial charge in [0.2, 0.25) is 0 Å². The predicted octanol–water partition coefficient (Wildman–Crippen LogP) is 4.46. The van der Waals surface area contributed by atoms with E-state index in [4.69, 9.17) is 5.11 Å². The summed E-state index contributed by atoms with van der Waals surface area (Å²) in [5.74, 6) is -0.861. The maximum atomic E-state index is 11.0. The quantitative estimate of drug-likeness (QED) is 0.727. The Bertz CT molecular complexity index is 415. The monoisotopic (exact) mass is 263 g/mol. The fourth-order valence-corrected chi connectivity index (χ4v) is 2.32. The molecule has 0 aliphatic rings. The summed E-state index contributed by atoms with van der Waals surface area (Å²) in [6.45, 7) is 6.24. The van der Waals surface area contributed by atoms with E-state index >= 15 is 0 Å². The Hall–Kier alpha value is -1.51. The second kappa shape index (κ2) is 7.82. The summed E-state index contributed by atoms with van der Waals surface area (Å²) in [6.07, 6.45) is 5.92. The van der Waals surface area contributed by atoms with E-state index in [-0.39, 0.29) is 0 Å². The van der Waals surface area contributed by atoms with Gasteiger partial charge in [-0.05, 0) is 43.5 Å². The number of carboxylic acids is 1. The Kier molecular flexibility index (Phi) is 6.40. The second-order valence-electron chi connectivity index (χ2n) is 5.11.